The molecule has 3 nitrogen and oxygen atoms in total. The van der Waals surface area contributed by atoms with Crippen LogP contribution in [0.5, 0.6) is 0 Å². The molecule has 2 unspecified atom stereocenters. The number of nitrogens with one attached hydrogen (secondary N) is 1. The molecule has 1 saturated carbocycles. The Morgan fingerprint density at radius 3 is 2.75 bits per heavy atom. The number of rotatable bonds is 3. The van der Waals surface area contributed by atoms with Crippen LogP contribution in [0.25, 0.3) is 0 Å². The van der Waals surface area contributed by atoms with Crippen molar-refractivity contribution in [2.45, 2.75) is 32.7 Å². The Morgan fingerprint density at radius 2 is 2.42 bits per heavy atom. The van der Waals surface area contributed by atoms with Gasteiger partial charge in [-0.1, -0.05) is 13.8 Å². The van der Waals surface area contributed by atoms with Crippen LogP contribution in [0.3, 0.4) is 0 Å². The lowest BCUT2D eigenvalue weighted by Crippen LogP contribution is -2.34. The van der Waals surface area contributed by atoms with Gasteiger partial charge in [0.15, 0.2) is 0 Å². The third kappa shape index (κ3) is 1.97. The average Bonchev–Trinajstić information content (AvgIpc) is 2.78. The minimum Gasteiger partial charge on any atom is -0.340 e. The fraction of sp³-hybridized carbons (Fsp3) is 0.778. The third-order valence-corrected chi connectivity index (χ3v) is 2.33. The van der Waals surface area contributed by atoms with Crippen molar-refractivity contribution in [2.24, 2.45) is 11.8 Å². The second kappa shape index (κ2) is 3.57. The van der Waals surface area contributed by atoms with E-state index in [-0.39, 0.29) is 17.9 Å². The molecular formula is C9H14N2O. The molecule has 0 heterocycles. The number of hydrogen-bond acceptors (Lipinski definition) is 2. The number of carbonyl (C=O) groups is 1. The lowest BCUT2D eigenvalue weighted by Gasteiger charge is -2.07. The third-order valence-electron chi connectivity index (χ3n) is 2.33. The predicted octanol–water partition coefficient (Wildman–Crippen LogP) is 1.06. The molecule has 1 amide bonds. The van der Waals surface area contributed by atoms with Crippen molar-refractivity contribution in [3.05, 3.63) is 0 Å². The largest absolute Gasteiger partial charge is 0.340 e. The molecular weight excluding hydrogens is 152 g/mol. The summed E-state index contributed by atoms with van der Waals surface area (Å²) in [6.45, 7) is 3.95. The van der Waals surface area contributed by atoms with E-state index in [1.807, 2.05) is 13.0 Å². The maximum Gasteiger partial charge on any atom is 0.224 e. The monoisotopic (exact) mass is 166 g/mol. The SMILES string of the molecule is CC[C@@H](C#N)NC(=O)C1CC1C. The van der Waals surface area contributed by atoms with Gasteiger partial charge in [0.2, 0.25) is 5.91 Å². The zero-order valence-corrected chi connectivity index (χ0v) is 7.50. The Morgan fingerprint density at radius 1 is 1.83 bits per heavy atom. The maximum atomic E-state index is 11.3. The predicted molar refractivity (Wildman–Crippen MR) is 45.1 cm³/mol. The summed E-state index contributed by atoms with van der Waals surface area (Å²) in [7, 11) is 0. The Kier molecular flexibility index (Phi) is 2.69. The van der Waals surface area contributed by atoms with Gasteiger partial charge < -0.3 is 5.32 Å². The summed E-state index contributed by atoms with van der Waals surface area (Å²) in [5, 5.41) is 11.3. The minimum atomic E-state index is -0.301. The van der Waals surface area contributed by atoms with Gasteiger partial charge in [-0.3, -0.25) is 4.79 Å². The number of carbonyl (C=O) groups excluding carboxylic acids is 1. The van der Waals surface area contributed by atoms with Gasteiger partial charge in [-0.2, -0.15) is 5.26 Å². The summed E-state index contributed by atoms with van der Waals surface area (Å²) in [5.41, 5.74) is 0. The molecule has 3 heteroatoms. The van der Waals surface area contributed by atoms with Crippen molar-refractivity contribution in [3.63, 3.8) is 0 Å². The molecule has 1 N–H and O–H groups in total. The molecule has 1 aliphatic rings. The second-order valence-corrected chi connectivity index (χ2v) is 3.42. The van der Waals surface area contributed by atoms with Crippen LogP contribution < -0.4 is 5.32 Å². The standard InChI is InChI=1S/C9H14N2O/c1-3-7(5-10)11-9(12)8-4-6(8)2/h6-8H,3-4H2,1-2H3,(H,11,12)/t6?,7-,8?/m0/s1. The molecule has 12 heavy (non-hydrogen) atoms. The van der Waals surface area contributed by atoms with Gasteiger partial charge in [0, 0.05) is 5.92 Å². The highest BCUT2D eigenvalue weighted by Gasteiger charge is 2.39. The number of hydrogen-bond donors (Lipinski definition) is 1. The van der Waals surface area contributed by atoms with Crippen molar-refractivity contribution < 1.29 is 4.79 Å². The van der Waals surface area contributed by atoms with Crippen molar-refractivity contribution in [3.8, 4) is 6.07 Å². The fourth-order valence-electron chi connectivity index (χ4n) is 1.19. The van der Waals surface area contributed by atoms with E-state index in [2.05, 4.69) is 12.2 Å². The fourth-order valence-corrected chi connectivity index (χ4v) is 1.19. The second-order valence-electron chi connectivity index (χ2n) is 3.42. The number of nitrogens with zero attached hydrogens (tertiary/aromatic N) is 1. The molecule has 0 radical (unpaired) electrons. The van der Waals surface area contributed by atoms with Crippen LogP contribution in [0.4, 0.5) is 0 Å². The van der Waals surface area contributed by atoms with Gasteiger partial charge in [0.25, 0.3) is 0 Å². The summed E-state index contributed by atoms with van der Waals surface area (Å²) in [4.78, 5) is 11.3. The molecule has 0 spiro atoms. The van der Waals surface area contributed by atoms with Crippen molar-refractivity contribution in [1.82, 2.24) is 5.32 Å². The smallest absolute Gasteiger partial charge is 0.224 e. The molecule has 3 atom stereocenters. The number of amides is 1. The highest BCUT2D eigenvalue weighted by Crippen LogP contribution is 2.37. The normalized spacial score (nSPS) is 28.8. The molecule has 0 aromatic carbocycles. The van der Waals surface area contributed by atoms with E-state index in [1.54, 1.807) is 0 Å². The molecule has 0 bridgehead atoms. The Bertz CT molecular complexity index is 219. The van der Waals surface area contributed by atoms with E-state index in [4.69, 9.17) is 5.26 Å². The Labute approximate surface area is 72.8 Å². The molecule has 66 valence electrons. The van der Waals surface area contributed by atoms with Crippen LogP contribution in [0.2, 0.25) is 0 Å². The first-order valence-corrected chi connectivity index (χ1v) is 4.39. The van der Waals surface area contributed by atoms with E-state index >= 15 is 0 Å². The summed E-state index contributed by atoms with van der Waals surface area (Å²) >= 11 is 0. The maximum absolute atomic E-state index is 11.3. The van der Waals surface area contributed by atoms with E-state index in [0.29, 0.717) is 12.3 Å². The van der Waals surface area contributed by atoms with Crippen LogP contribution in [0, 0.1) is 23.2 Å². The zero-order valence-electron chi connectivity index (χ0n) is 7.50. The zero-order chi connectivity index (χ0) is 9.14. The van der Waals surface area contributed by atoms with Gasteiger partial charge in [-0.05, 0) is 18.8 Å². The molecule has 0 aromatic rings. The van der Waals surface area contributed by atoms with Gasteiger partial charge in [-0.15, -0.1) is 0 Å². The highest BCUT2D eigenvalue weighted by atomic mass is 16.2. The molecule has 0 saturated heterocycles. The van der Waals surface area contributed by atoms with Crippen molar-refractivity contribution >= 4 is 5.91 Å². The van der Waals surface area contributed by atoms with E-state index in [9.17, 15) is 4.79 Å². The van der Waals surface area contributed by atoms with Crippen LogP contribution in [0.15, 0.2) is 0 Å². The first kappa shape index (κ1) is 9.05. The van der Waals surface area contributed by atoms with Crippen molar-refractivity contribution in [2.75, 3.05) is 0 Å². The van der Waals surface area contributed by atoms with Crippen LogP contribution in [-0.2, 0) is 4.79 Å². The van der Waals surface area contributed by atoms with E-state index in [0.717, 1.165) is 6.42 Å². The van der Waals surface area contributed by atoms with Crippen LogP contribution in [0.1, 0.15) is 26.7 Å². The molecule has 1 aliphatic carbocycles. The molecule has 1 fully saturated rings. The average molecular weight is 166 g/mol. The summed E-state index contributed by atoms with van der Waals surface area (Å²) in [6, 6.07) is 1.75. The van der Waals surface area contributed by atoms with E-state index < -0.39 is 0 Å². The Balaban J connectivity index is 2.31. The summed E-state index contributed by atoms with van der Waals surface area (Å²) in [6.07, 6.45) is 1.66. The molecule has 1 rings (SSSR count). The van der Waals surface area contributed by atoms with Crippen LogP contribution in [-0.4, -0.2) is 11.9 Å². The lowest BCUT2D eigenvalue weighted by atomic mass is 10.2. The van der Waals surface area contributed by atoms with Gasteiger partial charge in [-0.25, -0.2) is 0 Å². The summed E-state index contributed by atoms with van der Waals surface area (Å²) in [5.74, 6) is 0.740. The quantitative estimate of drug-likeness (QED) is 0.681. The summed E-state index contributed by atoms with van der Waals surface area (Å²) < 4.78 is 0. The first-order chi connectivity index (χ1) is 5.69. The minimum absolute atomic E-state index is 0.0518. The van der Waals surface area contributed by atoms with Gasteiger partial charge >= 0.3 is 0 Å². The van der Waals surface area contributed by atoms with Gasteiger partial charge in [0.1, 0.15) is 6.04 Å². The lowest BCUT2D eigenvalue weighted by molar-refractivity contribution is -0.122. The topological polar surface area (TPSA) is 52.9 Å². The number of nitriles is 1. The highest BCUT2D eigenvalue weighted by molar-refractivity contribution is 5.81. The van der Waals surface area contributed by atoms with Crippen molar-refractivity contribution in [1.29, 1.82) is 5.26 Å². The van der Waals surface area contributed by atoms with Crippen LogP contribution >= 0.6 is 0 Å². The van der Waals surface area contributed by atoms with E-state index in [1.165, 1.54) is 0 Å². The molecule has 0 aromatic heterocycles. The first-order valence-electron chi connectivity index (χ1n) is 4.39. The Hall–Kier alpha value is -1.04. The molecule has 0 aliphatic heterocycles. The van der Waals surface area contributed by atoms with Gasteiger partial charge in [0.05, 0.1) is 6.07 Å².